The van der Waals surface area contributed by atoms with Gasteiger partial charge in [0.05, 0.1) is 15.9 Å². The molecule has 0 aromatic heterocycles. The molecule has 0 atom stereocenters. The van der Waals surface area contributed by atoms with Gasteiger partial charge in [-0.25, -0.2) is 4.99 Å². The Balaban J connectivity index is 2.05. The van der Waals surface area contributed by atoms with E-state index in [-0.39, 0.29) is 17.3 Å². The maximum Gasteiger partial charge on any atom is 0.178 e. The molecular formula is C18H12BrNO3. The van der Waals surface area contributed by atoms with Gasteiger partial charge in [0.25, 0.3) is 0 Å². The van der Waals surface area contributed by atoms with Gasteiger partial charge >= 0.3 is 0 Å². The number of aromatic hydroxyl groups is 2. The summed E-state index contributed by atoms with van der Waals surface area (Å²) in [5.74, 6) is 0.111. The molecule has 0 radical (unpaired) electrons. The molecule has 5 heteroatoms. The minimum absolute atomic E-state index is 0.0703. The van der Waals surface area contributed by atoms with Gasteiger partial charge in [-0.2, -0.15) is 0 Å². The molecule has 3 rings (SSSR count). The van der Waals surface area contributed by atoms with Crippen LogP contribution < -0.4 is 0 Å². The number of allylic oxidation sites excluding steroid dienone is 4. The number of benzene rings is 2. The fraction of sp³-hybridized carbons (Fsp3) is 0. The molecule has 23 heavy (non-hydrogen) atoms. The third-order valence-corrected chi connectivity index (χ3v) is 4.18. The number of aliphatic imine (C=N–C) groups is 1. The summed E-state index contributed by atoms with van der Waals surface area (Å²) in [5.41, 5.74) is 2.49. The highest BCUT2D eigenvalue weighted by molar-refractivity contribution is 9.10. The molecule has 0 saturated heterocycles. The zero-order chi connectivity index (χ0) is 16.4. The minimum atomic E-state index is -0.0703. The van der Waals surface area contributed by atoms with Gasteiger partial charge in [0, 0.05) is 11.1 Å². The lowest BCUT2D eigenvalue weighted by Crippen LogP contribution is -1.98. The number of halogens is 1. The summed E-state index contributed by atoms with van der Waals surface area (Å²) < 4.78 is 0.503. The first kappa shape index (κ1) is 15.2. The van der Waals surface area contributed by atoms with Crippen LogP contribution in [-0.4, -0.2) is 21.7 Å². The Labute approximate surface area is 141 Å². The second kappa shape index (κ2) is 6.22. The molecule has 2 aromatic carbocycles. The van der Waals surface area contributed by atoms with E-state index in [1.807, 2.05) is 0 Å². The van der Waals surface area contributed by atoms with E-state index in [1.165, 1.54) is 12.2 Å². The molecule has 114 valence electrons. The smallest absolute Gasteiger partial charge is 0.178 e. The third kappa shape index (κ3) is 3.24. The van der Waals surface area contributed by atoms with Gasteiger partial charge in [-0.3, -0.25) is 4.79 Å². The average molecular weight is 370 g/mol. The van der Waals surface area contributed by atoms with Gasteiger partial charge in [0.1, 0.15) is 11.5 Å². The highest BCUT2D eigenvalue weighted by Crippen LogP contribution is 2.40. The van der Waals surface area contributed by atoms with Crippen molar-refractivity contribution < 1.29 is 15.0 Å². The van der Waals surface area contributed by atoms with Crippen molar-refractivity contribution in [2.45, 2.75) is 0 Å². The van der Waals surface area contributed by atoms with Crippen LogP contribution in [0, 0.1) is 0 Å². The molecule has 0 unspecified atom stereocenters. The molecule has 1 aliphatic rings. The number of hydrogen-bond donors (Lipinski definition) is 2. The Morgan fingerprint density at radius 3 is 2.35 bits per heavy atom. The molecule has 0 spiro atoms. The predicted molar refractivity (Wildman–Crippen MR) is 93.3 cm³/mol. The first-order chi connectivity index (χ1) is 11.0. The Morgan fingerprint density at radius 1 is 0.870 bits per heavy atom. The standard InChI is InChI=1S/C18H12BrNO3/c19-18-14(2-1-3-17(18)23)15-10-12(6-9-16(15)22)20-11-4-7-13(21)8-5-11/h1-10,22-23H. The quantitative estimate of drug-likeness (QED) is 0.775. The summed E-state index contributed by atoms with van der Waals surface area (Å²) in [5, 5.41) is 19.9. The zero-order valence-electron chi connectivity index (χ0n) is 11.9. The van der Waals surface area contributed by atoms with Crippen molar-refractivity contribution >= 4 is 33.1 Å². The predicted octanol–water partition coefficient (Wildman–Crippen LogP) is 4.29. The van der Waals surface area contributed by atoms with Crippen LogP contribution in [0.5, 0.6) is 11.5 Å². The van der Waals surface area contributed by atoms with E-state index in [4.69, 9.17) is 0 Å². The highest BCUT2D eigenvalue weighted by Gasteiger charge is 2.12. The van der Waals surface area contributed by atoms with Crippen molar-refractivity contribution in [2.24, 2.45) is 4.99 Å². The number of hydrogen-bond acceptors (Lipinski definition) is 4. The van der Waals surface area contributed by atoms with E-state index in [9.17, 15) is 15.0 Å². The van der Waals surface area contributed by atoms with Crippen molar-refractivity contribution in [2.75, 3.05) is 0 Å². The third-order valence-electron chi connectivity index (χ3n) is 3.34. The first-order valence-corrected chi connectivity index (χ1v) is 7.63. The first-order valence-electron chi connectivity index (χ1n) is 6.84. The van der Waals surface area contributed by atoms with Crippen molar-refractivity contribution in [1.29, 1.82) is 0 Å². The van der Waals surface area contributed by atoms with Crippen LogP contribution >= 0.6 is 15.9 Å². The molecule has 0 fully saturated rings. The lowest BCUT2D eigenvalue weighted by Gasteiger charge is -2.09. The molecule has 0 bridgehead atoms. The molecule has 0 heterocycles. The minimum Gasteiger partial charge on any atom is -0.507 e. The molecule has 2 aromatic rings. The maximum atomic E-state index is 11.1. The van der Waals surface area contributed by atoms with Crippen LogP contribution in [0.1, 0.15) is 0 Å². The van der Waals surface area contributed by atoms with E-state index >= 15 is 0 Å². The Bertz CT molecular complexity index is 864. The topological polar surface area (TPSA) is 69.9 Å². The van der Waals surface area contributed by atoms with Gasteiger partial charge < -0.3 is 10.2 Å². The number of ketones is 1. The summed E-state index contributed by atoms with van der Waals surface area (Å²) in [6.07, 6.45) is 6.18. The van der Waals surface area contributed by atoms with Crippen LogP contribution in [-0.2, 0) is 4.79 Å². The lowest BCUT2D eigenvalue weighted by molar-refractivity contribution is -0.110. The second-order valence-electron chi connectivity index (χ2n) is 4.95. The fourth-order valence-electron chi connectivity index (χ4n) is 2.21. The Morgan fingerprint density at radius 2 is 1.61 bits per heavy atom. The van der Waals surface area contributed by atoms with Crippen molar-refractivity contribution in [3.05, 3.63) is 65.2 Å². The Kier molecular flexibility index (Phi) is 4.12. The van der Waals surface area contributed by atoms with Crippen LogP contribution in [0.4, 0.5) is 5.69 Å². The summed E-state index contributed by atoms with van der Waals surface area (Å²) in [7, 11) is 0. The number of carbonyl (C=O) groups excluding carboxylic acids is 1. The fourth-order valence-corrected chi connectivity index (χ4v) is 2.68. The van der Waals surface area contributed by atoms with Gasteiger partial charge in [-0.15, -0.1) is 0 Å². The largest absolute Gasteiger partial charge is 0.507 e. The van der Waals surface area contributed by atoms with Crippen LogP contribution in [0.25, 0.3) is 11.1 Å². The summed E-state index contributed by atoms with van der Waals surface area (Å²) in [6.45, 7) is 0. The van der Waals surface area contributed by atoms with Crippen molar-refractivity contribution in [3.8, 4) is 22.6 Å². The molecule has 1 aliphatic carbocycles. The summed E-state index contributed by atoms with van der Waals surface area (Å²) >= 11 is 3.32. The van der Waals surface area contributed by atoms with Crippen LogP contribution in [0.2, 0.25) is 0 Å². The number of nitrogens with zero attached hydrogens (tertiary/aromatic N) is 1. The second-order valence-corrected chi connectivity index (χ2v) is 5.74. The van der Waals surface area contributed by atoms with Gasteiger partial charge in [0.2, 0.25) is 0 Å². The molecule has 0 amide bonds. The average Bonchev–Trinajstić information content (AvgIpc) is 2.54. The lowest BCUT2D eigenvalue weighted by atomic mass is 10.0. The van der Waals surface area contributed by atoms with Crippen LogP contribution in [0.15, 0.2) is 70.2 Å². The highest BCUT2D eigenvalue weighted by atomic mass is 79.9. The monoisotopic (exact) mass is 369 g/mol. The number of phenolic OH excluding ortho intramolecular Hbond substituents is 2. The van der Waals surface area contributed by atoms with Gasteiger partial charge in [0.15, 0.2) is 5.78 Å². The molecule has 0 aliphatic heterocycles. The Hall–Kier alpha value is -2.66. The van der Waals surface area contributed by atoms with Crippen LogP contribution in [0.3, 0.4) is 0 Å². The molecule has 2 N–H and O–H groups in total. The summed E-state index contributed by atoms with van der Waals surface area (Å²) in [4.78, 5) is 15.6. The summed E-state index contributed by atoms with van der Waals surface area (Å²) in [6, 6.07) is 10.00. The molecular weight excluding hydrogens is 358 g/mol. The van der Waals surface area contributed by atoms with Crippen molar-refractivity contribution in [3.63, 3.8) is 0 Å². The zero-order valence-corrected chi connectivity index (χ0v) is 13.5. The number of phenols is 2. The maximum absolute atomic E-state index is 11.1. The molecule has 4 nitrogen and oxygen atoms in total. The van der Waals surface area contributed by atoms with E-state index in [0.29, 0.717) is 27.0 Å². The van der Waals surface area contributed by atoms with E-state index in [0.717, 1.165) is 0 Å². The van der Waals surface area contributed by atoms with E-state index < -0.39 is 0 Å². The molecule has 0 saturated carbocycles. The van der Waals surface area contributed by atoms with E-state index in [2.05, 4.69) is 20.9 Å². The van der Waals surface area contributed by atoms with Gasteiger partial charge in [-0.05, 0) is 64.5 Å². The van der Waals surface area contributed by atoms with Crippen molar-refractivity contribution in [1.82, 2.24) is 0 Å². The number of rotatable bonds is 2. The number of carbonyl (C=O) groups is 1. The van der Waals surface area contributed by atoms with Gasteiger partial charge in [-0.1, -0.05) is 12.1 Å². The SMILES string of the molecule is O=C1C=CC(=Nc2ccc(O)c(-c3cccc(O)c3Br)c2)C=C1. The normalized spacial score (nSPS) is 13.4. The van der Waals surface area contributed by atoms with E-state index in [1.54, 1.807) is 48.6 Å².